The third kappa shape index (κ3) is 4.36. The molecule has 1 heterocycles. The van der Waals surface area contributed by atoms with E-state index < -0.39 is 24.9 Å². The Balaban J connectivity index is 2.03. The first-order valence-corrected chi connectivity index (χ1v) is 11.3. The van der Waals surface area contributed by atoms with Gasteiger partial charge < -0.3 is 9.88 Å². The number of nitrogens with zero attached hydrogens (tertiary/aromatic N) is 2. The number of rotatable bonds is 4. The maximum atomic E-state index is 13.0. The molecule has 3 rings (SSSR count). The summed E-state index contributed by atoms with van der Waals surface area (Å²) in [6.45, 7) is 6.88. The maximum Gasteiger partial charge on any atom is 0.416 e. The van der Waals surface area contributed by atoms with Crippen LogP contribution in [0.4, 0.5) is 19.0 Å². The number of alkyl halides is 3. The van der Waals surface area contributed by atoms with Crippen molar-refractivity contribution in [3.05, 3.63) is 59.4 Å². The Hall–Kier alpha value is -2.40. The van der Waals surface area contributed by atoms with Gasteiger partial charge in [-0.2, -0.15) is 13.2 Å². The van der Waals surface area contributed by atoms with Crippen LogP contribution in [0.25, 0.3) is 10.9 Å². The van der Waals surface area contributed by atoms with Gasteiger partial charge in [0.2, 0.25) is 0 Å². The second kappa shape index (κ2) is 7.21. The summed E-state index contributed by atoms with van der Waals surface area (Å²) in [5.74, 6) is 1.04. The molecule has 28 heavy (non-hydrogen) atoms. The lowest BCUT2D eigenvalue weighted by molar-refractivity contribution is -0.137. The molecule has 1 N–H and O–H groups in total. The summed E-state index contributed by atoms with van der Waals surface area (Å²) < 4.78 is 51.5. The quantitative estimate of drug-likeness (QED) is 0.590. The highest BCUT2D eigenvalue weighted by atomic mass is 31.2. The molecule has 8 heteroatoms. The summed E-state index contributed by atoms with van der Waals surface area (Å²) in [5, 5.41) is 4.57. The Kier molecular flexibility index (Phi) is 5.24. The summed E-state index contributed by atoms with van der Waals surface area (Å²) in [5.41, 5.74) is 0.484. The Morgan fingerprint density at radius 2 is 1.79 bits per heavy atom. The molecule has 2 aromatic carbocycles. The molecule has 0 radical (unpaired) electrons. The topological polar surface area (TPSA) is 54.9 Å². The third-order valence-corrected chi connectivity index (χ3v) is 6.00. The van der Waals surface area contributed by atoms with Gasteiger partial charge in [0.15, 0.2) is 0 Å². The van der Waals surface area contributed by atoms with Crippen molar-refractivity contribution in [2.24, 2.45) is 0 Å². The number of benzene rings is 2. The fraction of sp³-hybridized carbons (Fsp3) is 0.300. The van der Waals surface area contributed by atoms with Crippen LogP contribution < -0.4 is 10.6 Å². The van der Waals surface area contributed by atoms with E-state index in [-0.39, 0.29) is 0 Å². The van der Waals surface area contributed by atoms with Crippen molar-refractivity contribution in [3.8, 4) is 0 Å². The number of aryl methyl sites for hydroxylation is 1. The second-order valence-electron chi connectivity index (χ2n) is 7.16. The van der Waals surface area contributed by atoms with Crippen LogP contribution in [0.15, 0.2) is 42.5 Å². The molecule has 1 atom stereocenters. The van der Waals surface area contributed by atoms with Crippen molar-refractivity contribution in [1.29, 1.82) is 0 Å². The first-order valence-electron chi connectivity index (χ1n) is 8.73. The van der Waals surface area contributed by atoms with Crippen LogP contribution in [0, 0.1) is 6.92 Å². The van der Waals surface area contributed by atoms with Gasteiger partial charge in [-0.15, -0.1) is 0 Å². The van der Waals surface area contributed by atoms with E-state index in [1.807, 2.05) is 0 Å². The lowest BCUT2D eigenvalue weighted by Gasteiger charge is -2.19. The molecule has 4 nitrogen and oxygen atoms in total. The van der Waals surface area contributed by atoms with Crippen molar-refractivity contribution in [2.45, 2.75) is 26.1 Å². The third-order valence-electron chi connectivity index (χ3n) is 4.48. The van der Waals surface area contributed by atoms with Gasteiger partial charge in [0.05, 0.1) is 11.1 Å². The zero-order valence-corrected chi connectivity index (χ0v) is 16.9. The van der Waals surface area contributed by atoms with Crippen LogP contribution in [0.5, 0.6) is 0 Å². The largest absolute Gasteiger partial charge is 0.416 e. The molecule has 3 aromatic rings. The van der Waals surface area contributed by atoms with Gasteiger partial charge in [0.25, 0.3) is 0 Å². The van der Waals surface area contributed by atoms with Gasteiger partial charge in [-0.1, -0.05) is 12.1 Å². The van der Waals surface area contributed by atoms with E-state index in [9.17, 15) is 17.7 Å². The maximum absolute atomic E-state index is 13.0. The highest BCUT2D eigenvalue weighted by Crippen LogP contribution is 2.36. The van der Waals surface area contributed by atoms with Crippen molar-refractivity contribution < 1.29 is 17.7 Å². The molecular formula is C20H21F3N3OP. The molecule has 0 amide bonds. The average Bonchev–Trinajstić information content (AvgIpc) is 2.59. The Labute approximate surface area is 161 Å². The Morgan fingerprint density at radius 3 is 2.43 bits per heavy atom. The molecule has 0 fully saturated rings. The number of fused-ring (bicyclic) bond motifs is 1. The molecule has 148 valence electrons. The molecule has 0 aliphatic rings. The van der Waals surface area contributed by atoms with Gasteiger partial charge in [-0.05, 0) is 63.1 Å². The normalized spacial score (nSPS) is 13.5. The van der Waals surface area contributed by atoms with Gasteiger partial charge in [0, 0.05) is 16.7 Å². The molecule has 0 saturated carbocycles. The van der Waals surface area contributed by atoms with Crippen LogP contribution in [-0.2, 0) is 10.7 Å². The van der Waals surface area contributed by atoms with Gasteiger partial charge >= 0.3 is 6.18 Å². The molecule has 1 unspecified atom stereocenters. The second-order valence-corrected chi connectivity index (χ2v) is 10.4. The molecule has 0 saturated heterocycles. The van der Waals surface area contributed by atoms with Crippen molar-refractivity contribution in [2.75, 3.05) is 18.6 Å². The number of hydrogen-bond donors (Lipinski definition) is 1. The average molecular weight is 407 g/mol. The van der Waals surface area contributed by atoms with E-state index >= 15 is 0 Å². The minimum Gasteiger partial charge on any atom is -0.363 e. The van der Waals surface area contributed by atoms with E-state index in [1.165, 1.54) is 6.07 Å². The van der Waals surface area contributed by atoms with Crippen LogP contribution in [0.3, 0.4) is 0 Å². The van der Waals surface area contributed by atoms with E-state index in [0.29, 0.717) is 33.4 Å². The standard InChI is InChI=1S/C20H21F3N3OP/c1-12(14-6-5-7-15(10-14)20(21,22)23)24-19-17-11-16(28(3,4)27)8-9-18(17)25-13(2)26-19/h5-12H,1-4H3,(H,24,25,26). The Morgan fingerprint density at radius 1 is 1.07 bits per heavy atom. The minimum absolute atomic E-state index is 0.418. The highest BCUT2D eigenvalue weighted by molar-refractivity contribution is 7.70. The van der Waals surface area contributed by atoms with Crippen molar-refractivity contribution in [1.82, 2.24) is 9.97 Å². The predicted octanol–water partition coefficient (Wildman–Crippen LogP) is 5.38. The number of hydrogen-bond acceptors (Lipinski definition) is 4. The molecule has 0 aliphatic heterocycles. The zero-order valence-electron chi connectivity index (χ0n) is 16.0. The first-order chi connectivity index (χ1) is 12.9. The summed E-state index contributed by atoms with van der Waals surface area (Å²) in [4.78, 5) is 8.82. The number of nitrogens with one attached hydrogen (secondary N) is 1. The number of anilines is 1. The summed E-state index contributed by atoms with van der Waals surface area (Å²) in [7, 11) is -2.48. The lowest BCUT2D eigenvalue weighted by atomic mass is 10.0. The zero-order chi connectivity index (χ0) is 20.7. The van der Waals surface area contributed by atoms with E-state index in [2.05, 4.69) is 15.3 Å². The van der Waals surface area contributed by atoms with Crippen LogP contribution in [0.2, 0.25) is 0 Å². The van der Waals surface area contributed by atoms with Crippen molar-refractivity contribution >= 4 is 29.2 Å². The fourth-order valence-electron chi connectivity index (χ4n) is 2.95. The summed E-state index contributed by atoms with van der Waals surface area (Å²) in [6.07, 6.45) is -4.40. The Bertz CT molecular complexity index is 1080. The van der Waals surface area contributed by atoms with Crippen LogP contribution >= 0.6 is 7.14 Å². The monoisotopic (exact) mass is 407 g/mol. The SMILES string of the molecule is Cc1nc(NC(C)c2cccc(C(F)(F)F)c2)c2cc(P(C)(C)=O)ccc2n1. The molecule has 0 aliphatic carbocycles. The highest BCUT2D eigenvalue weighted by Gasteiger charge is 2.30. The molecule has 0 spiro atoms. The van der Waals surface area contributed by atoms with E-state index in [1.54, 1.807) is 51.4 Å². The van der Waals surface area contributed by atoms with Crippen molar-refractivity contribution in [3.63, 3.8) is 0 Å². The molecule has 0 bridgehead atoms. The molecular weight excluding hydrogens is 386 g/mol. The lowest BCUT2D eigenvalue weighted by Crippen LogP contribution is -2.12. The summed E-state index contributed by atoms with van der Waals surface area (Å²) >= 11 is 0. The fourth-order valence-corrected chi connectivity index (χ4v) is 3.82. The van der Waals surface area contributed by atoms with E-state index in [0.717, 1.165) is 12.1 Å². The van der Waals surface area contributed by atoms with Crippen LogP contribution in [0.1, 0.15) is 29.9 Å². The molecule has 1 aromatic heterocycles. The minimum atomic E-state index is -4.40. The first kappa shape index (κ1) is 20.3. The van der Waals surface area contributed by atoms with Gasteiger partial charge in [-0.25, -0.2) is 9.97 Å². The number of halogens is 3. The summed E-state index contributed by atoms with van der Waals surface area (Å²) in [6, 6.07) is 10.2. The van der Waals surface area contributed by atoms with Gasteiger partial charge in [0.1, 0.15) is 18.8 Å². The van der Waals surface area contributed by atoms with E-state index in [4.69, 9.17) is 0 Å². The predicted molar refractivity (Wildman–Crippen MR) is 107 cm³/mol. The smallest absolute Gasteiger partial charge is 0.363 e. The van der Waals surface area contributed by atoms with Gasteiger partial charge in [-0.3, -0.25) is 0 Å². The number of aromatic nitrogens is 2. The van der Waals surface area contributed by atoms with Crippen LogP contribution in [-0.4, -0.2) is 23.3 Å².